The summed E-state index contributed by atoms with van der Waals surface area (Å²) < 4.78 is 11.2. The van der Waals surface area contributed by atoms with Crippen molar-refractivity contribution in [1.82, 2.24) is 20.5 Å². The predicted octanol–water partition coefficient (Wildman–Crippen LogP) is 2.09. The van der Waals surface area contributed by atoms with Crippen molar-refractivity contribution in [3.8, 4) is 5.75 Å². The molecule has 158 valence electrons. The van der Waals surface area contributed by atoms with E-state index in [1.54, 1.807) is 24.4 Å². The van der Waals surface area contributed by atoms with Gasteiger partial charge in [0.1, 0.15) is 17.0 Å². The maximum absolute atomic E-state index is 13.1. The van der Waals surface area contributed by atoms with Gasteiger partial charge in [-0.1, -0.05) is 13.0 Å². The van der Waals surface area contributed by atoms with Gasteiger partial charge in [-0.2, -0.15) is 0 Å². The van der Waals surface area contributed by atoms with Gasteiger partial charge in [0, 0.05) is 24.4 Å². The maximum Gasteiger partial charge on any atom is 0.322 e. The highest BCUT2D eigenvalue weighted by atomic mass is 16.5. The number of furan rings is 1. The van der Waals surface area contributed by atoms with Crippen LogP contribution in [0.25, 0.3) is 11.1 Å². The lowest BCUT2D eigenvalue weighted by Gasteiger charge is -2.28. The summed E-state index contributed by atoms with van der Waals surface area (Å²) in [6.07, 6.45) is 2.53. The van der Waals surface area contributed by atoms with E-state index in [0.717, 1.165) is 17.5 Å². The number of pyridine rings is 1. The van der Waals surface area contributed by atoms with Gasteiger partial charge in [0.2, 0.25) is 0 Å². The first kappa shape index (κ1) is 19.1. The Hall–Kier alpha value is -3.88. The number of fused-ring (bicyclic) bond motifs is 2. The first-order chi connectivity index (χ1) is 14.9. The molecule has 0 bridgehead atoms. The van der Waals surface area contributed by atoms with Gasteiger partial charge in [-0.15, -0.1) is 0 Å². The Bertz CT molecular complexity index is 1250. The highest BCUT2D eigenvalue weighted by Crippen LogP contribution is 2.34. The van der Waals surface area contributed by atoms with Gasteiger partial charge in [-0.25, -0.2) is 4.79 Å². The highest BCUT2D eigenvalue weighted by Gasteiger charge is 2.53. The topological polar surface area (TPSA) is 114 Å². The molecule has 0 radical (unpaired) electrons. The van der Waals surface area contributed by atoms with Crippen LogP contribution >= 0.6 is 0 Å². The van der Waals surface area contributed by atoms with Gasteiger partial charge in [0.25, 0.3) is 11.8 Å². The van der Waals surface area contributed by atoms with Crippen LogP contribution in [0.3, 0.4) is 0 Å². The third-order valence-corrected chi connectivity index (χ3v) is 5.82. The molecule has 2 aliphatic rings. The normalized spacial score (nSPS) is 20.2. The van der Waals surface area contributed by atoms with E-state index in [1.165, 1.54) is 12.0 Å². The molecule has 1 atom stereocenters. The summed E-state index contributed by atoms with van der Waals surface area (Å²) in [5, 5.41) is 4.95. The molecule has 5 rings (SSSR count). The predicted molar refractivity (Wildman–Crippen MR) is 109 cm³/mol. The molecule has 3 aromatic rings. The van der Waals surface area contributed by atoms with Gasteiger partial charge >= 0.3 is 6.03 Å². The molecule has 2 N–H and O–H groups in total. The molecular weight excluding hydrogens is 400 g/mol. The number of aromatic nitrogens is 1. The second kappa shape index (κ2) is 6.83. The maximum atomic E-state index is 13.1. The fraction of sp³-hybridized carbons (Fsp3) is 0.273. The van der Waals surface area contributed by atoms with E-state index in [1.807, 2.05) is 19.1 Å². The zero-order chi connectivity index (χ0) is 21.8. The first-order valence-corrected chi connectivity index (χ1v) is 9.92. The second-order valence-electron chi connectivity index (χ2n) is 7.69. The Morgan fingerprint density at radius 3 is 2.77 bits per heavy atom. The van der Waals surface area contributed by atoms with Crippen molar-refractivity contribution in [3.63, 3.8) is 0 Å². The lowest BCUT2D eigenvalue weighted by atomic mass is 9.95. The molecule has 4 heterocycles. The van der Waals surface area contributed by atoms with Crippen molar-refractivity contribution in [2.24, 2.45) is 0 Å². The summed E-state index contributed by atoms with van der Waals surface area (Å²) in [6, 6.07) is 8.14. The van der Waals surface area contributed by atoms with E-state index in [2.05, 4.69) is 15.6 Å². The number of hydrogen-bond donors (Lipinski definition) is 2. The summed E-state index contributed by atoms with van der Waals surface area (Å²) >= 11 is 0. The van der Waals surface area contributed by atoms with Crippen molar-refractivity contribution in [1.29, 1.82) is 0 Å². The molecule has 2 aliphatic heterocycles. The Balaban J connectivity index is 1.54. The minimum atomic E-state index is -1.55. The Labute approximate surface area is 177 Å². The van der Waals surface area contributed by atoms with Crippen LogP contribution in [0.15, 0.2) is 40.9 Å². The second-order valence-corrected chi connectivity index (χ2v) is 7.69. The number of benzene rings is 1. The highest BCUT2D eigenvalue weighted by molar-refractivity contribution is 6.08. The zero-order valence-electron chi connectivity index (χ0n) is 17.0. The quantitative estimate of drug-likeness (QED) is 0.611. The van der Waals surface area contributed by atoms with E-state index in [4.69, 9.17) is 9.15 Å². The number of nitrogens with one attached hydrogen (secondary N) is 2. The number of carbonyl (C=O) groups excluding carboxylic acids is 3. The molecule has 1 fully saturated rings. The fourth-order valence-electron chi connectivity index (χ4n) is 4.10. The van der Waals surface area contributed by atoms with Gasteiger partial charge < -0.3 is 19.4 Å². The Kier molecular flexibility index (Phi) is 4.21. The number of hydrogen-bond acceptors (Lipinski definition) is 6. The number of imide groups is 1. The minimum absolute atomic E-state index is 0.0825. The lowest BCUT2D eigenvalue weighted by molar-refractivity contribution is -0.125. The fourth-order valence-corrected chi connectivity index (χ4v) is 4.10. The number of rotatable bonds is 5. The summed E-state index contributed by atoms with van der Waals surface area (Å²) in [4.78, 5) is 44.0. The molecular formula is C22H20N4O5. The smallest absolute Gasteiger partial charge is 0.322 e. The van der Waals surface area contributed by atoms with Gasteiger partial charge in [-0.05, 0) is 35.7 Å². The van der Waals surface area contributed by atoms with E-state index in [-0.39, 0.29) is 18.2 Å². The van der Waals surface area contributed by atoms with Crippen LogP contribution in [0.1, 0.15) is 34.2 Å². The van der Waals surface area contributed by atoms with Crippen LogP contribution in [-0.4, -0.2) is 41.4 Å². The molecule has 1 aromatic carbocycles. The van der Waals surface area contributed by atoms with E-state index < -0.39 is 17.5 Å². The molecule has 0 saturated carbocycles. The van der Waals surface area contributed by atoms with Crippen molar-refractivity contribution in [3.05, 3.63) is 59.0 Å². The molecule has 1 saturated heterocycles. The van der Waals surface area contributed by atoms with Crippen molar-refractivity contribution in [2.75, 3.05) is 13.7 Å². The Morgan fingerprint density at radius 1 is 1.23 bits per heavy atom. The zero-order valence-corrected chi connectivity index (χ0v) is 17.0. The van der Waals surface area contributed by atoms with Crippen molar-refractivity contribution < 1.29 is 23.5 Å². The largest absolute Gasteiger partial charge is 0.497 e. The molecule has 2 aromatic heterocycles. The van der Waals surface area contributed by atoms with Gasteiger partial charge in [-0.3, -0.25) is 19.9 Å². The standard InChI is InChI=1S/C22H20N4O5/c1-3-12-6-17-16(23-9-12)8-18(31-17)22(20(28)24-21(29)25-22)11-26-10-13-4-5-14(30-2)7-15(13)19(26)27/h4-9H,3,10-11H2,1-2H3,(H2,24,25,28,29). The van der Waals surface area contributed by atoms with Crippen molar-refractivity contribution >= 4 is 28.9 Å². The van der Waals surface area contributed by atoms with Crippen LogP contribution in [0, 0.1) is 0 Å². The SMILES string of the molecule is CCc1cnc2cc(C3(CN4Cc5ccc(OC)cc5C4=O)NC(=O)NC3=O)oc2c1. The number of aryl methyl sites for hydroxylation is 1. The molecule has 1 unspecified atom stereocenters. The molecule has 0 spiro atoms. The average Bonchev–Trinajstić information content (AvgIpc) is 3.41. The molecule has 0 aliphatic carbocycles. The monoisotopic (exact) mass is 420 g/mol. The average molecular weight is 420 g/mol. The van der Waals surface area contributed by atoms with Gasteiger partial charge in [0.05, 0.1) is 13.7 Å². The molecule has 9 nitrogen and oxygen atoms in total. The summed E-state index contributed by atoms with van der Waals surface area (Å²) in [5.74, 6) is -0.0167. The summed E-state index contributed by atoms with van der Waals surface area (Å²) in [7, 11) is 1.53. The molecule has 9 heteroatoms. The van der Waals surface area contributed by atoms with Crippen LogP contribution < -0.4 is 15.4 Å². The van der Waals surface area contributed by atoms with Crippen LogP contribution in [-0.2, 0) is 23.3 Å². The number of ether oxygens (including phenoxy) is 1. The third kappa shape index (κ3) is 2.92. The molecule has 31 heavy (non-hydrogen) atoms. The number of nitrogens with zero attached hydrogens (tertiary/aromatic N) is 2. The number of methoxy groups -OCH3 is 1. The van der Waals surface area contributed by atoms with Gasteiger partial charge in [0.15, 0.2) is 11.1 Å². The first-order valence-electron chi connectivity index (χ1n) is 9.92. The summed E-state index contributed by atoms with van der Waals surface area (Å²) in [6.45, 7) is 2.23. The molecule has 4 amide bonds. The number of urea groups is 1. The number of carbonyl (C=O) groups is 3. The lowest BCUT2D eigenvalue weighted by Crippen LogP contribution is -2.52. The van der Waals surface area contributed by atoms with E-state index >= 15 is 0 Å². The number of amides is 4. The van der Waals surface area contributed by atoms with Crippen LogP contribution in [0.2, 0.25) is 0 Å². The van der Waals surface area contributed by atoms with Crippen molar-refractivity contribution in [2.45, 2.75) is 25.4 Å². The minimum Gasteiger partial charge on any atom is -0.497 e. The summed E-state index contributed by atoms with van der Waals surface area (Å²) in [5.41, 5.74) is 1.86. The van der Waals surface area contributed by atoms with E-state index in [9.17, 15) is 14.4 Å². The van der Waals surface area contributed by atoms with Crippen LogP contribution in [0.4, 0.5) is 4.79 Å². The van der Waals surface area contributed by atoms with E-state index in [0.29, 0.717) is 29.0 Å². The van der Waals surface area contributed by atoms with Crippen LogP contribution in [0.5, 0.6) is 5.75 Å². The third-order valence-electron chi connectivity index (χ3n) is 5.82. The Morgan fingerprint density at radius 2 is 2.06 bits per heavy atom.